The molecular weight excluding hydrogens is 138 g/mol. The van der Waals surface area contributed by atoms with Crippen LogP contribution in [-0.2, 0) is 4.74 Å². The van der Waals surface area contributed by atoms with E-state index in [1.54, 1.807) is 0 Å². The normalized spacial score (nSPS) is 20.4. The first kappa shape index (κ1) is 8.58. The molecule has 1 fully saturated rings. The van der Waals surface area contributed by atoms with Gasteiger partial charge in [-0.2, -0.15) is 0 Å². The number of hydrogen-bond acceptors (Lipinski definition) is 2. The highest BCUT2D eigenvalue weighted by Gasteiger charge is 2.32. The van der Waals surface area contributed by atoms with Gasteiger partial charge < -0.3 is 10.1 Å². The first-order valence-electron chi connectivity index (χ1n) is 3.99. The standard InChI is InChI=1S/C9H15NO/c1-3-4-5-10-6-9(2)7-11-8-9/h1,10H,4-8H2,2H3. The monoisotopic (exact) mass is 153 g/mol. The van der Waals surface area contributed by atoms with Crippen LogP contribution in [-0.4, -0.2) is 26.3 Å². The molecule has 11 heavy (non-hydrogen) atoms. The molecule has 0 aromatic heterocycles. The van der Waals surface area contributed by atoms with E-state index in [2.05, 4.69) is 18.2 Å². The number of terminal acetylenes is 1. The van der Waals surface area contributed by atoms with Gasteiger partial charge in [0.2, 0.25) is 0 Å². The van der Waals surface area contributed by atoms with Gasteiger partial charge in [-0.05, 0) is 0 Å². The number of ether oxygens (including phenoxy) is 1. The third-order valence-electron chi connectivity index (χ3n) is 1.90. The van der Waals surface area contributed by atoms with Crippen molar-refractivity contribution in [2.75, 3.05) is 26.3 Å². The maximum Gasteiger partial charge on any atom is 0.0554 e. The summed E-state index contributed by atoms with van der Waals surface area (Å²) >= 11 is 0. The minimum Gasteiger partial charge on any atom is -0.380 e. The molecule has 0 amide bonds. The molecule has 1 aliphatic heterocycles. The molecule has 0 atom stereocenters. The van der Waals surface area contributed by atoms with E-state index in [0.717, 1.165) is 32.7 Å². The average molecular weight is 153 g/mol. The van der Waals surface area contributed by atoms with Crippen LogP contribution in [0.2, 0.25) is 0 Å². The van der Waals surface area contributed by atoms with Crippen molar-refractivity contribution in [2.24, 2.45) is 5.41 Å². The fourth-order valence-electron chi connectivity index (χ4n) is 1.10. The van der Waals surface area contributed by atoms with Gasteiger partial charge in [-0.3, -0.25) is 0 Å². The van der Waals surface area contributed by atoms with Crippen LogP contribution < -0.4 is 5.32 Å². The summed E-state index contributed by atoms with van der Waals surface area (Å²) in [5, 5.41) is 3.31. The Kier molecular flexibility index (Phi) is 2.92. The van der Waals surface area contributed by atoms with Crippen molar-refractivity contribution in [1.82, 2.24) is 5.32 Å². The van der Waals surface area contributed by atoms with Gasteiger partial charge in [0.05, 0.1) is 13.2 Å². The Morgan fingerprint density at radius 2 is 2.36 bits per heavy atom. The lowest BCUT2D eigenvalue weighted by atomic mass is 9.89. The van der Waals surface area contributed by atoms with Crippen LogP contribution in [0, 0.1) is 17.8 Å². The summed E-state index contributed by atoms with van der Waals surface area (Å²) < 4.78 is 5.11. The van der Waals surface area contributed by atoms with Gasteiger partial charge in [0.15, 0.2) is 0 Å². The molecule has 2 nitrogen and oxygen atoms in total. The molecule has 0 spiro atoms. The lowest BCUT2D eigenvalue weighted by Gasteiger charge is -2.38. The Balaban J connectivity index is 1.99. The second-order valence-corrected chi connectivity index (χ2v) is 3.43. The van der Waals surface area contributed by atoms with E-state index in [0.29, 0.717) is 5.41 Å². The Hall–Kier alpha value is -0.520. The Bertz CT molecular complexity index is 155. The third-order valence-corrected chi connectivity index (χ3v) is 1.90. The van der Waals surface area contributed by atoms with Gasteiger partial charge in [-0.1, -0.05) is 6.92 Å². The molecule has 1 saturated heterocycles. The van der Waals surface area contributed by atoms with E-state index < -0.39 is 0 Å². The van der Waals surface area contributed by atoms with Crippen molar-refractivity contribution in [3.63, 3.8) is 0 Å². The van der Waals surface area contributed by atoms with Crippen molar-refractivity contribution < 1.29 is 4.74 Å². The fraction of sp³-hybridized carbons (Fsp3) is 0.778. The molecule has 1 rings (SSSR count). The largest absolute Gasteiger partial charge is 0.380 e. The molecule has 1 N–H and O–H groups in total. The van der Waals surface area contributed by atoms with Crippen molar-refractivity contribution in [3.8, 4) is 12.3 Å². The average Bonchev–Trinajstić information content (AvgIpc) is 1.95. The van der Waals surface area contributed by atoms with Gasteiger partial charge >= 0.3 is 0 Å². The van der Waals surface area contributed by atoms with Gasteiger partial charge in [0, 0.05) is 24.9 Å². The molecule has 0 saturated carbocycles. The van der Waals surface area contributed by atoms with Gasteiger partial charge in [-0.15, -0.1) is 12.3 Å². The topological polar surface area (TPSA) is 21.3 Å². The number of nitrogens with one attached hydrogen (secondary N) is 1. The summed E-state index contributed by atoms with van der Waals surface area (Å²) in [5.74, 6) is 2.60. The molecule has 0 aliphatic carbocycles. The first-order chi connectivity index (χ1) is 5.27. The van der Waals surface area contributed by atoms with Crippen molar-refractivity contribution >= 4 is 0 Å². The van der Waals surface area contributed by atoms with Crippen LogP contribution in [0.1, 0.15) is 13.3 Å². The number of hydrogen-bond donors (Lipinski definition) is 1. The van der Waals surface area contributed by atoms with Crippen LogP contribution >= 0.6 is 0 Å². The van der Waals surface area contributed by atoms with Gasteiger partial charge in [0.1, 0.15) is 0 Å². The molecular formula is C9H15NO. The van der Waals surface area contributed by atoms with Crippen molar-refractivity contribution in [2.45, 2.75) is 13.3 Å². The van der Waals surface area contributed by atoms with Gasteiger partial charge in [0.25, 0.3) is 0 Å². The van der Waals surface area contributed by atoms with E-state index in [1.807, 2.05) is 0 Å². The summed E-state index contributed by atoms with van der Waals surface area (Å²) in [5.41, 5.74) is 0.370. The Morgan fingerprint density at radius 1 is 1.64 bits per heavy atom. The summed E-state index contributed by atoms with van der Waals surface area (Å²) in [6, 6.07) is 0. The predicted octanol–water partition coefficient (Wildman–Crippen LogP) is 0.636. The quantitative estimate of drug-likeness (QED) is 0.472. The Morgan fingerprint density at radius 3 is 2.82 bits per heavy atom. The minimum atomic E-state index is 0.370. The zero-order chi connectivity index (χ0) is 8.16. The van der Waals surface area contributed by atoms with Crippen LogP contribution in [0.3, 0.4) is 0 Å². The third kappa shape index (κ3) is 2.53. The maximum atomic E-state index is 5.11. The van der Waals surface area contributed by atoms with Crippen molar-refractivity contribution in [3.05, 3.63) is 0 Å². The lowest BCUT2D eigenvalue weighted by Crippen LogP contribution is -2.47. The predicted molar refractivity (Wildman–Crippen MR) is 45.2 cm³/mol. The SMILES string of the molecule is C#CCCNCC1(C)COC1. The summed E-state index contributed by atoms with van der Waals surface area (Å²) in [7, 11) is 0. The van der Waals surface area contributed by atoms with Gasteiger partial charge in [-0.25, -0.2) is 0 Å². The smallest absolute Gasteiger partial charge is 0.0554 e. The first-order valence-corrected chi connectivity index (χ1v) is 3.99. The fourth-order valence-corrected chi connectivity index (χ4v) is 1.10. The molecule has 0 radical (unpaired) electrons. The zero-order valence-corrected chi connectivity index (χ0v) is 7.02. The zero-order valence-electron chi connectivity index (χ0n) is 7.02. The molecule has 1 aliphatic rings. The van der Waals surface area contributed by atoms with E-state index in [9.17, 15) is 0 Å². The van der Waals surface area contributed by atoms with E-state index >= 15 is 0 Å². The van der Waals surface area contributed by atoms with Crippen LogP contribution in [0.4, 0.5) is 0 Å². The van der Waals surface area contributed by atoms with E-state index in [4.69, 9.17) is 11.2 Å². The summed E-state index contributed by atoms with van der Waals surface area (Å²) in [6.07, 6.45) is 5.93. The van der Waals surface area contributed by atoms with Crippen molar-refractivity contribution in [1.29, 1.82) is 0 Å². The molecule has 0 aromatic carbocycles. The summed E-state index contributed by atoms with van der Waals surface area (Å²) in [4.78, 5) is 0. The lowest BCUT2D eigenvalue weighted by molar-refractivity contribution is -0.0988. The highest BCUT2D eigenvalue weighted by molar-refractivity contribution is 4.86. The second kappa shape index (κ2) is 3.75. The van der Waals surface area contributed by atoms with Crippen LogP contribution in [0.15, 0.2) is 0 Å². The second-order valence-electron chi connectivity index (χ2n) is 3.43. The highest BCUT2D eigenvalue weighted by Crippen LogP contribution is 2.24. The summed E-state index contributed by atoms with van der Waals surface area (Å²) in [6.45, 7) is 5.94. The van der Waals surface area contributed by atoms with E-state index in [1.165, 1.54) is 0 Å². The molecule has 0 bridgehead atoms. The maximum absolute atomic E-state index is 5.11. The molecule has 62 valence electrons. The Labute approximate surface area is 68.3 Å². The molecule has 2 heteroatoms. The molecule has 0 unspecified atom stereocenters. The molecule has 1 heterocycles. The number of rotatable bonds is 4. The van der Waals surface area contributed by atoms with E-state index in [-0.39, 0.29) is 0 Å². The molecule has 0 aromatic rings. The van der Waals surface area contributed by atoms with Crippen LogP contribution in [0.5, 0.6) is 0 Å². The minimum absolute atomic E-state index is 0.370. The van der Waals surface area contributed by atoms with Crippen LogP contribution in [0.25, 0.3) is 0 Å². The highest BCUT2D eigenvalue weighted by atomic mass is 16.5.